The van der Waals surface area contributed by atoms with Crippen molar-refractivity contribution in [2.24, 2.45) is 11.1 Å². The number of anilines is 1. The first-order chi connectivity index (χ1) is 16.2. The maximum atomic E-state index is 15.0. The van der Waals surface area contributed by atoms with Gasteiger partial charge in [0.2, 0.25) is 6.79 Å². The second-order valence-corrected chi connectivity index (χ2v) is 9.42. The number of nitrogens with two attached hydrogens (primary N) is 1. The fourth-order valence-corrected chi connectivity index (χ4v) is 5.05. The molecular formula is C26H25FN2O5. The molecule has 0 fully saturated rings. The number of rotatable bonds is 3. The largest absolute Gasteiger partial charge is 0.466 e. The molecule has 0 saturated heterocycles. The Morgan fingerprint density at radius 3 is 2.62 bits per heavy atom. The zero-order valence-electron chi connectivity index (χ0n) is 19.2. The summed E-state index contributed by atoms with van der Waals surface area (Å²) in [6.07, 6.45) is 0.755. The number of Topliss-reactive ketones (excluding diaryl/α,β-unsaturated/α-hetero) is 1. The third-order valence-corrected chi connectivity index (χ3v) is 6.49. The van der Waals surface area contributed by atoms with E-state index in [1.54, 1.807) is 36.4 Å². The van der Waals surface area contributed by atoms with E-state index >= 15 is 4.39 Å². The van der Waals surface area contributed by atoms with E-state index in [2.05, 4.69) is 0 Å². The van der Waals surface area contributed by atoms with Gasteiger partial charge in [0, 0.05) is 17.7 Å². The Morgan fingerprint density at radius 1 is 1.15 bits per heavy atom. The molecule has 7 nitrogen and oxygen atoms in total. The van der Waals surface area contributed by atoms with Crippen LogP contribution < -0.4 is 20.1 Å². The van der Waals surface area contributed by atoms with E-state index in [0.29, 0.717) is 34.8 Å². The molecule has 176 valence electrons. The summed E-state index contributed by atoms with van der Waals surface area (Å²) in [6.45, 7) is 4.06. The molecule has 5 rings (SSSR count). The lowest BCUT2D eigenvalue weighted by Gasteiger charge is -2.44. The van der Waals surface area contributed by atoms with Gasteiger partial charge in [-0.25, -0.2) is 9.18 Å². The quantitative estimate of drug-likeness (QED) is 0.683. The van der Waals surface area contributed by atoms with Crippen molar-refractivity contribution in [2.75, 3.05) is 18.8 Å². The second-order valence-electron chi connectivity index (χ2n) is 9.42. The molecule has 2 aromatic rings. The molecule has 2 aliphatic heterocycles. The van der Waals surface area contributed by atoms with Gasteiger partial charge >= 0.3 is 5.97 Å². The zero-order valence-corrected chi connectivity index (χ0v) is 19.2. The Labute approximate surface area is 196 Å². The number of fused-ring (bicyclic) bond motifs is 1. The Kier molecular flexibility index (Phi) is 5.11. The summed E-state index contributed by atoms with van der Waals surface area (Å²) in [6, 6.07) is 11.4. The highest BCUT2D eigenvalue weighted by Gasteiger charge is 2.47. The van der Waals surface area contributed by atoms with Crippen molar-refractivity contribution in [3.63, 3.8) is 0 Å². The minimum absolute atomic E-state index is 0.0314. The van der Waals surface area contributed by atoms with Crippen LogP contribution in [0.4, 0.5) is 10.1 Å². The number of carbonyl (C=O) groups is 2. The third kappa shape index (κ3) is 3.41. The summed E-state index contributed by atoms with van der Waals surface area (Å²) < 4.78 is 31.0. The smallest absolute Gasteiger partial charge is 0.338 e. The number of ketones is 1. The Bertz CT molecular complexity index is 1280. The molecular weight excluding hydrogens is 439 g/mol. The predicted octanol–water partition coefficient (Wildman–Crippen LogP) is 4.14. The van der Waals surface area contributed by atoms with Crippen LogP contribution in [0.3, 0.4) is 0 Å². The van der Waals surface area contributed by atoms with Gasteiger partial charge in [0.25, 0.3) is 0 Å². The highest BCUT2D eigenvalue weighted by atomic mass is 19.1. The Morgan fingerprint density at radius 2 is 1.88 bits per heavy atom. The maximum Gasteiger partial charge on any atom is 0.338 e. The number of carbonyl (C=O) groups excluding carboxylic acids is 2. The molecule has 0 bridgehead atoms. The number of benzene rings is 2. The van der Waals surface area contributed by atoms with Gasteiger partial charge in [0.05, 0.1) is 24.3 Å². The number of halogens is 1. The van der Waals surface area contributed by atoms with E-state index in [9.17, 15) is 9.59 Å². The second kappa shape index (κ2) is 7.90. The monoisotopic (exact) mass is 464 g/mol. The molecule has 2 aromatic carbocycles. The third-order valence-electron chi connectivity index (χ3n) is 6.49. The van der Waals surface area contributed by atoms with Crippen LogP contribution in [0.2, 0.25) is 0 Å². The van der Waals surface area contributed by atoms with Gasteiger partial charge in [-0.2, -0.15) is 0 Å². The van der Waals surface area contributed by atoms with Crippen molar-refractivity contribution < 1.29 is 28.2 Å². The first-order valence-electron chi connectivity index (χ1n) is 11.0. The van der Waals surface area contributed by atoms with Crippen LogP contribution in [0.1, 0.15) is 38.2 Å². The number of hydrogen-bond donors (Lipinski definition) is 1. The highest BCUT2D eigenvalue weighted by Crippen LogP contribution is 2.51. The van der Waals surface area contributed by atoms with Crippen molar-refractivity contribution in [2.45, 2.75) is 32.6 Å². The number of methoxy groups -OCH3 is 1. The number of hydrogen-bond acceptors (Lipinski definition) is 7. The fourth-order valence-electron chi connectivity index (χ4n) is 5.05. The summed E-state index contributed by atoms with van der Waals surface area (Å²) in [5, 5.41) is 0. The lowest BCUT2D eigenvalue weighted by atomic mass is 9.68. The molecule has 3 aliphatic rings. The average Bonchev–Trinajstić information content (AvgIpc) is 3.26. The molecule has 1 atom stereocenters. The van der Waals surface area contributed by atoms with E-state index in [1.165, 1.54) is 18.1 Å². The Hall–Kier alpha value is -3.81. The van der Waals surface area contributed by atoms with Crippen LogP contribution in [-0.2, 0) is 14.3 Å². The van der Waals surface area contributed by atoms with Crippen LogP contribution in [0, 0.1) is 11.2 Å². The van der Waals surface area contributed by atoms with Crippen LogP contribution in [0.15, 0.2) is 65.1 Å². The summed E-state index contributed by atoms with van der Waals surface area (Å²) >= 11 is 0. The molecule has 2 N–H and O–H groups in total. The number of para-hydroxylation sites is 1. The molecule has 0 unspecified atom stereocenters. The van der Waals surface area contributed by atoms with Crippen molar-refractivity contribution in [3.8, 4) is 11.5 Å². The molecule has 0 amide bonds. The summed E-state index contributed by atoms with van der Waals surface area (Å²) in [4.78, 5) is 28.2. The summed E-state index contributed by atoms with van der Waals surface area (Å²) in [5.74, 6) is -0.988. The molecule has 0 saturated carbocycles. The van der Waals surface area contributed by atoms with Gasteiger partial charge in [0.1, 0.15) is 11.6 Å². The van der Waals surface area contributed by atoms with Crippen LogP contribution in [0.5, 0.6) is 11.5 Å². The van der Waals surface area contributed by atoms with E-state index in [1.807, 2.05) is 13.8 Å². The first-order valence-corrected chi connectivity index (χ1v) is 11.0. The van der Waals surface area contributed by atoms with Crippen LogP contribution in [-0.4, -0.2) is 25.7 Å². The molecule has 8 heteroatoms. The van der Waals surface area contributed by atoms with Crippen molar-refractivity contribution in [3.05, 3.63) is 76.5 Å². The summed E-state index contributed by atoms with van der Waals surface area (Å²) in [5.41, 5.74) is 8.13. The van der Waals surface area contributed by atoms with Crippen LogP contribution >= 0.6 is 0 Å². The lowest BCUT2D eigenvalue weighted by Crippen LogP contribution is -2.44. The number of allylic oxidation sites excluding steroid dienone is 2. The van der Waals surface area contributed by atoms with Crippen molar-refractivity contribution >= 4 is 17.4 Å². The van der Waals surface area contributed by atoms with Crippen molar-refractivity contribution in [1.29, 1.82) is 0 Å². The van der Waals surface area contributed by atoms with Gasteiger partial charge in [0.15, 0.2) is 17.3 Å². The zero-order chi connectivity index (χ0) is 24.2. The van der Waals surface area contributed by atoms with E-state index in [0.717, 1.165) is 0 Å². The number of nitrogens with zero attached hydrogens (tertiary/aromatic N) is 1. The fraction of sp³-hybridized carbons (Fsp3) is 0.308. The van der Waals surface area contributed by atoms with E-state index in [-0.39, 0.29) is 41.5 Å². The maximum absolute atomic E-state index is 15.0. The van der Waals surface area contributed by atoms with Crippen LogP contribution in [0.25, 0.3) is 0 Å². The average molecular weight is 464 g/mol. The van der Waals surface area contributed by atoms with E-state index in [4.69, 9.17) is 19.9 Å². The highest BCUT2D eigenvalue weighted by molar-refractivity contribution is 6.05. The minimum Gasteiger partial charge on any atom is -0.466 e. The topological polar surface area (TPSA) is 91.1 Å². The first kappa shape index (κ1) is 22.0. The Balaban J connectivity index is 1.80. The minimum atomic E-state index is -0.788. The normalized spacial score (nSPS) is 21.0. The SMILES string of the molecule is COC(=O)C1=C(N)N(c2ccccc2F)C2=C(C(=O)CC(C)(C)C2)[C@@H]1c1ccc2c(c1)OCO2. The predicted molar refractivity (Wildman–Crippen MR) is 122 cm³/mol. The van der Waals surface area contributed by atoms with Gasteiger partial charge in [-0.05, 0) is 41.7 Å². The molecule has 0 radical (unpaired) electrons. The number of ether oxygens (including phenoxy) is 3. The van der Waals surface area contributed by atoms with Gasteiger partial charge in [-0.1, -0.05) is 32.0 Å². The molecule has 34 heavy (non-hydrogen) atoms. The summed E-state index contributed by atoms with van der Waals surface area (Å²) in [7, 11) is 1.25. The van der Waals surface area contributed by atoms with E-state index < -0.39 is 17.7 Å². The molecule has 2 heterocycles. The van der Waals surface area contributed by atoms with Gasteiger partial charge in [-0.3, -0.25) is 9.69 Å². The molecule has 0 aromatic heterocycles. The molecule has 1 aliphatic carbocycles. The standard InChI is InChI=1S/C26H25FN2O5/c1-26(2)11-17-22(18(30)12-26)21(14-8-9-19-20(10-14)34-13-33-19)23(25(31)32-3)24(28)29(17)16-7-5-4-6-15(16)27/h4-10,21H,11-13,28H2,1-3H3/t21-/m0/s1. The van der Waals surface area contributed by atoms with Gasteiger partial charge < -0.3 is 19.9 Å². The van der Waals surface area contributed by atoms with Crippen molar-refractivity contribution in [1.82, 2.24) is 0 Å². The van der Waals surface area contributed by atoms with Gasteiger partial charge in [-0.15, -0.1) is 0 Å². The molecule has 0 spiro atoms. The number of esters is 1. The lowest BCUT2D eigenvalue weighted by molar-refractivity contribution is -0.136.